The van der Waals surface area contributed by atoms with Crippen LogP contribution >= 0.6 is 23.4 Å². The Bertz CT molecular complexity index is 924. The van der Waals surface area contributed by atoms with E-state index in [0.29, 0.717) is 22.5 Å². The first kappa shape index (κ1) is 19.3. The number of aromatic nitrogens is 3. The second-order valence-corrected chi connectivity index (χ2v) is 7.59. The lowest BCUT2D eigenvalue weighted by atomic mass is 10.1. The van der Waals surface area contributed by atoms with Crippen molar-refractivity contribution in [2.45, 2.75) is 18.6 Å². The predicted molar refractivity (Wildman–Crippen MR) is 109 cm³/mol. The van der Waals surface area contributed by atoms with E-state index in [4.69, 9.17) is 17.4 Å². The highest BCUT2D eigenvalue weighted by Crippen LogP contribution is 2.22. The second kappa shape index (κ2) is 8.45. The van der Waals surface area contributed by atoms with E-state index in [1.807, 2.05) is 55.5 Å². The molecule has 1 aromatic heterocycles. The largest absolute Gasteiger partial charge is 0.341 e. The second-order valence-electron chi connectivity index (χ2n) is 6.21. The first-order valence-electron chi connectivity index (χ1n) is 8.33. The average Bonchev–Trinajstić information content (AvgIpc) is 3.03. The lowest BCUT2D eigenvalue weighted by molar-refractivity contribution is -0.127. The van der Waals surface area contributed by atoms with E-state index in [0.717, 1.165) is 16.7 Å². The van der Waals surface area contributed by atoms with Crippen LogP contribution in [0.5, 0.6) is 0 Å². The Hall–Kier alpha value is -2.51. The molecule has 2 N–H and O–H groups in total. The minimum absolute atomic E-state index is 0.0187. The molecule has 0 bridgehead atoms. The molecule has 27 heavy (non-hydrogen) atoms. The van der Waals surface area contributed by atoms with E-state index in [2.05, 4.69) is 10.2 Å². The number of nitrogens with zero attached hydrogens (tertiary/aromatic N) is 4. The van der Waals surface area contributed by atoms with Crippen molar-refractivity contribution in [2.75, 3.05) is 18.6 Å². The van der Waals surface area contributed by atoms with Gasteiger partial charge in [-0.05, 0) is 24.6 Å². The standard InChI is InChI=1S/C19H20ClN5OS/c1-13-3-7-15(8-4-13)18-22-23-19(25(18)21)27-12-17(26)24(2)11-14-5-9-16(20)10-6-14/h3-10H,11-12,21H2,1-2H3. The summed E-state index contributed by atoms with van der Waals surface area (Å²) in [6.07, 6.45) is 0. The molecule has 0 radical (unpaired) electrons. The number of nitrogens with two attached hydrogens (primary N) is 1. The summed E-state index contributed by atoms with van der Waals surface area (Å²) >= 11 is 7.15. The lowest BCUT2D eigenvalue weighted by Gasteiger charge is -2.17. The van der Waals surface area contributed by atoms with Crippen LogP contribution in [0.4, 0.5) is 0 Å². The Balaban J connectivity index is 1.60. The maximum atomic E-state index is 12.4. The molecule has 3 aromatic rings. The maximum Gasteiger partial charge on any atom is 0.233 e. The van der Waals surface area contributed by atoms with Crippen LogP contribution in [0.2, 0.25) is 5.02 Å². The van der Waals surface area contributed by atoms with Gasteiger partial charge in [-0.25, -0.2) is 4.68 Å². The number of rotatable bonds is 6. The molecule has 2 aromatic carbocycles. The Morgan fingerprint density at radius 1 is 1.15 bits per heavy atom. The number of carbonyl (C=O) groups is 1. The van der Waals surface area contributed by atoms with E-state index in [1.54, 1.807) is 11.9 Å². The molecule has 3 rings (SSSR count). The van der Waals surface area contributed by atoms with Crippen molar-refractivity contribution >= 4 is 29.3 Å². The van der Waals surface area contributed by atoms with E-state index >= 15 is 0 Å². The highest BCUT2D eigenvalue weighted by atomic mass is 35.5. The van der Waals surface area contributed by atoms with Gasteiger partial charge in [-0.15, -0.1) is 10.2 Å². The fourth-order valence-corrected chi connectivity index (χ4v) is 3.39. The van der Waals surface area contributed by atoms with Crippen LogP contribution in [0, 0.1) is 6.92 Å². The summed E-state index contributed by atoms with van der Waals surface area (Å²) in [4.78, 5) is 14.1. The summed E-state index contributed by atoms with van der Waals surface area (Å²) in [5, 5.41) is 9.42. The van der Waals surface area contributed by atoms with Crippen LogP contribution in [0.1, 0.15) is 11.1 Å². The lowest BCUT2D eigenvalue weighted by Crippen LogP contribution is -2.28. The van der Waals surface area contributed by atoms with Crippen molar-refractivity contribution < 1.29 is 4.79 Å². The number of hydrogen-bond donors (Lipinski definition) is 1. The number of halogens is 1. The van der Waals surface area contributed by atoms with Crippen molar-refractivity contribution in [3.63, 3.8) is 0 Å². The quantitative estimate of drug-likeness (QED) is 0.506. The van der Waals surface area contributed by atoms with Crippen molar-refractivity contribution in [1.82, 2.24) is 19.8 Å². The zero-order valence-electron chi connectivity index (χ0n) is 15.1. The zero-order valence-corrected chi connectivity index (χ0v) is 16.7. The van der Waals surface area contributed by atoms with Gasteiger partial charge in [0.1, 0.15) is 0 Å². The topological polar surface area (TPSA) is 77.0 Å². The molecule has 0 aliphatic rings. The summed E-state index contributed by atoms with van der Waals surface area (Å²) < 4.78 is 1.42. The third-order valence-electron chi connectivity index (χ3n) is 4.06. The fourth-order valence-electron chi connectivity index (χ4n) is 2.46. The fraction of sp³-hybridized carbons (Fsp3) is 0.211. The molecule has 0 aliphatic heterocycles. The molecule has 0 aliphatic carbocycles. The normalized spacial score (nSPS) is 10.8. The summed E-state index contributed by atoms with van der Waals surface area (Å²) in [7, 11) is 1.77. The van der Waals surface area contributed by atoms with Gasteiger partial charge in [-0.2, -0.15) is 0 Å². The third kappa shape index (κ3) is 4.81. The van der Waals surface area contributed by atoms with Crippen molar-refractivity contribution in [3.8, 4) is 11.4 Å². The SMILES string of the molecule is Cc1ccc(-c2nnc(SCC(=O)N(C)Cc3ccc(Cl)cc3)n2N)cc1. The van der Waals surface area contributed by atoms with Gasteiger partial charge >= 0.3 is 0 Å². The number of nitrogen functional groups attached to an aromatic ring is 1. The van der Waals surface area contributed by atoms with Gasteiger partial charge in [0.05, 0.1) is 5.75 Å². The maximum absolute atomic E-state index is 12.4. The summed E-state index contributed by atoms with van der Waals surface area (Å²) in [6.45, 7) is 2.53. The van der Waals surface area contributed by atoms with Gasteiger partial charge in [0.2, 0.25) is 11.1 Å². The van der Waals surface area contributed by atoms with Gasteiger partial charge in [0, 0.05) is 24.2 Å². The molecular weight excluding hydrogens is 382 g/mol. The Kier molecular flexibility index (Phi) is 6.03. The van der Waals surface area contributed by atoms with E-state index in [-0.39, 0.29) is 11.7 Å². The molecule has 0 fully saturated rings. The summed E-state index contributed by atoms with van der Waals surface area (Å²) in [5.41, 5.74) is 3.06. The van der Waals surface area contributed by atoms with E-state index in [1.165, 1.54) is 16.4 Å². The Morgan fingerprint density at radius 2 is 1.81 bits per heavy atom. The minimum Gasteiger partial charge on any atom is -0.341 e. The number of thioether (sulfide) groups is 1. The van der Waals surface area contributed by atoms with Crippen LogP contribution in [0.25, 0.3) is 11.4 Å². The zero-order chi connectivity index (χ0) is 19.4. The predicted octanol–water partition coefficient (Wildman–Crippen LogP) is 3.37. The van der Waals surface area contributed by atoms with Crippen molar-refractivity contribution in [3.05, 3.63) is 64.7 Å². The van der Waals surface area contributed by atoms with Gasteiger partial charge in [-0.3, -0.25) is 4.79 Å². The first-order valence-corrected chi connectivity index (χ1v) is 9.69. The Morgan fingerprint density at radius 3 is 2.48 bits per heavy atom. The number of hydrogen-bond acceptors (Lipinski definition) is 5. The molecule has 0 saturated heterocycles. The van der Waals surface area contributed by atoms with Crippen LogP contribution in [-0.2, 0) is 11.3 Å². The molecule has 0 saturated carbocycles. The van der Waals surface area contributed by atoms with Gasteiger partial charge in [-0.1, -0.05) is 65.3 Å². The summed E-state index contributed by atoms with van der Waals surface area (Å²) in [5.74, 6) is 6.89. The van der Waals surface area contributed by atoms with E-state index < -0.39 is 0 Å². The molecule has 1 heterocycles. The number of aryl methyl sites for hydroxylation is 1. The molecule has 6 nitrogen and oxygen atoms in total. The van der Waals surface area contributed by atoms with Gasteiger partial charge in [0.25, 0.3) is 0 Å². The molecular formula is C19H20ClN5OS. The molecule has 1 amide bonds. The van der Waals surface area contributed by atoms with Crippen LogP contribution in [0.15, 0.2) is 53.7 Å². The third-order valence-corrected chi connectivity index (χ3v) is 5.24. The van der Waals surface area contributed by atoms with Crippen LogP contribution in [-0.4, -0.2) is 38.5 Å². The number of carbonyl (C=O) groups excluding carboxylic acids is 1. The molecule has 0 unspecified atom stereocenters. The molecule has 140 valence electrons. The molecule has 0 atom stereocenters. The van der Waals surface area contributed by atoms with Crippen molar-refractivity contribution in [2.24, 2.45) is 0 Å². The molecule has 8 heteroatoms. The average molecular weight is 402 g/mol. The van der Waals surface area contributed by atoms with Crippen LogP contribution < -0.4 is 5.84 Å². The minimum atomic E-state index is -0.0187. The van der Waals surface area contributed by atoms with Crippen molar-refractivity contribution in [1.29, 1.82) is 0 Å². The molecule has 0 spiro atoms. The van der Waals surface area contributed by atoms with Crippen LogP contribution in [0.3, 0.4) is 0 Å². The monoisotopic (exact) mass is 401 g/mol. The summed E-state index contributed by atoms with van der Waals surface area (Å²) in [6, 6.07) is 15.3. The highest BCUT2D eigenvalue weighted by Gasteiger charge is 2.15. The van der Waals surface area contributed by atoms with Gasteiger partial charge < -0.3 is 10.7 Å². The number of amides is 1. The number of benzene rings is 2. The van der Waals surface area contributed by atoms with Gasteiger partial charge in [0.15, 0.2) is 5.82 Å². The smallest absolute Gasteiger partial charge is 0.233 e. The van der Waals surface area contributed by atoms with E-state index in [9.17, 15) is 4.79 Å². The first-order chi connectivity index (χ1) is 12.9. The highest BCUT2D eigenvalue weighted by molar-refractivity contribution is 7.99. The Labute approximate surface area is 167 Å².